The Labute approximate surface area is 174 Å². The molecule has 0 aliphatic heterocycles. The van der Waals surface area contributed by atoms with E-state index in [0.29, 0.717) is 6.07 Å². The first-order chi connectivity index (χ1) is 13.6. The van der Waals surface area contributed by atoms with Crippen LogP contribution in [-0.4, -0.2) is 42.4 Å². The van der Waals surface area contributed by atoms with Crippen molar-refractivity contribution in [2.75, 3.05) is 19.8 Å². The molecule has 0 aliphatic carbocycles. The highest BCUT2D eigenvalue weighted by Crippen LogP contribution is 2.38. The number of ether oxygens (including phenoxy) is 2. The van der Waals surface area contributed by atoms with Gasteiger partial charge in [0.15, 0.2) is 5.02 Å². The third-order valence-corrected chi connectivity index (χ3v) is 4.07. The third-order valence-electron chi connectivity index (χ3n) is 3.33. The smallest absolute Gasteiger partial charge is 0.343 e. The molecule has 29 heavy (non-hydrogen) atoms. The van der Waals surface area contributed by atoms with Gasteiger partial charge in [-0.3, -0.25) is 19.7 Å². The summed E-state index contributed by atoms with van der Waals surface area (Å²) >= 11 is 11.4. The maximum Gasteiger partial charge on any atom is 0.343 e. The molecule has 9 nitrogen and oxygen atoms in total. The Morgan fingerprint density at radius 1 is 1.21 bits per heavy atom. The molecule has 1 N–H and O–H groups in total. The van der Waals surface area contributed by atoms with Gasteiger partial charge in [0.25, 0.3) is 0 Å². The van der Waals surface area contributed by atoms with Crippen molar-refractivity contribution in [3.63, 3.8) is 0 Å². The molecule has 0 atom stereocenters. The van der Waals surface area contributed by atoms with E-state index in [9.17, 15) is 28.9 Å². The van der Waals surface area contributed by atoms with Gasteiger partial charge >= 0.3 is 17.6 Å². The number of nitro groups is 1. The Kier molecular flexibility index (Phi) is 9.49. The second-order valence-corrected chi connectivity index (χ2v) is 6.01. The number of hydrogen-bond donors (Lipinski definition) is 1. The number of hydrogen-bond acceptors (Lipinski definition) is 8. The standard InChI is InChI=1S/C17H17Cl2FN2O7/c1-3-28-12(23)5-6-21-8-10(17(25)29-4-2)16(24)9-7-11(20)14(19)15(13(9)18)22(26)27/h7-8,21H,3-6H2,1-2H3/b10-8-. The number of rotatable bonds is 10. The lowest BCUT2D eigenvalue weighted by Gasteiger charge is -2.10. The summed E-state index contributed by atoms with van der Waals surface area (Å²) in [4.78, 5) is 46.2. The molecule has 1 aromatic carbocycles. The molecule has 0 heterocycles. The van der Waals surface area contributed by atoms with E-state index in [-0.39, 0.29) is 26.2 Å². The predicted molar refractivity (Wildman–Crippen MR) is 101 cm³/mol. The number of ketones is 1. The number of nitro benzene ring substituents is 1. The summed E-state index contributed by atoms with van der Waals surface area (Å²) in [6.07, 6.45) is 0.894. The molecule has 12 heteroatoms. The molecule has 1 rings (SSSR count). The van der Waals surface area contributed by atoms with Gasteiger partial charge < -0.3 is 14.8 Å². The summed E-state index contributed by atoms with van der Waals surface area (Å²) < 4.78 is 23.5. The number of halogens is 3. The zero-order chi connectivity index (χ0) is 22.1. The van der Waals surface area contributed by atoms with Crippen LogP contribution >= 0.6 is 23.2 Å². The Bertz CT molecular complexity index is 859. The van der Waals surface area contributed by atoms with Gasteiger partial charge in [0.2, 0.25) is 5.78 Å². The molecule has 0 spiro atoms. The molecule has 0 aliphatic rings. The van der Waals surface area contributed by atoms with Gasteiger partial charge in [-0.25, -0.2) is 9.18 Å². The highest BCUT2D eigenvalue weighted by Gasteiger charge is 2.31. The van der Waals surface area contributed by atoms with E-state index in [1.165, 1.54) is 6.92 Å². The third kappa shape index (κ3) is 6.40. The maximum absolute atomic E-state index is 14.0. The van der Waals surface area contributed by atoms with Crippen LogP contribution in [0, 0.1) is 15.9 Å². The minimum absolute atomic E-state index is 0.0118. The first-order valence-corrected chi connectivity index (χ1v) is 9.04. The quantitative estimate of drug-likeness (QED) is 0.0662. The van der Waals surface area contributed by atoms with E-state index in [1.807, 2.05) is 0 Å². The van der Waals surface area contributed by atoms with Crippen molar-refractivity contribution in [1.82, 2.24) is 5.32 Å². The van der Waals surface area contributed by atoms with E-state index in [1.54, 1.807) is 6.92 Å². The number of carbonyl (C=O) groups excluding carboxylic acids is 3. The van der Waals surface area contributed by atoms with Crippen LogP contribution in [0.5, 0.6) is 0 Å². The molecule has 1 aromatic rings. The molecule has 0 saturated carbocycles. The summed E-state index contributed by atoms with van der Waals surface area (Å²) in [6.45, 7) is 3.26. The number of carbonyl (C=O) groups is 3. The van der Waals surface area contributed by atoms with Crippen LogP contribution in [0.3, 0.4) is 0 Å². The summed E-state index contributed by atoms with van der Waals surface area (Å²) in [5.74, 6) is -3.97. The lowest BCUT2D eigenvalue weighted by Crippen LogP contribution is -2.22. The number of nitrogens with zero attached hydrogens (tertiary/aromatic N) is 1. The SMILES string of the molecule is CCOC(=O)CCN/C=C(\C(=O)OCC)C(=O)c1cc(F)c(Cl)c([N+](=O)[O-])c1Cl. The highest BCUT2D eigenvalue weighted by atomic mass is 35.5. The van der Waals surface area contributed by atoms with Gasteiger partial charge in [0.1, 0.15) is 16.4 Å². The molecule has 0 radical (unpaired) electrons. The molecule has 0 saturated heterocycles. The Balaban J connectivity index is 3.25. The minimum Gasteiger partial charge on any atom is -0.466 e. The normalized spacial score (nSPS) is 11.0. The second kappa shape index (κ2) is 11.3. The minimum atomic E-state index is -1.26. The van der Waals surface area contributed by atoms with Crippen molar-refractivity contribution in [3.8, 4) is 0 Å². The van der Waals surface area contributed by atoms with E-state index in [0.717, 1.165) is 6.20 Å². The Morgan fingerprint density at radius 2 is 1.83 bits per heavy atom. The zero-order valence-corrected chi connectivity index (χ0v) is 16.9. The van der Waals surface area contributed by atoms with Crippen molar-refractivity contribution in [2.45, 2.75) is 20.3 Å². The first kappa shape index (κ1) is 24.3. The molecule has 0 bridgehead atoms. The van der Waals surface area contributed by atoms with Crippen molar-refractivity contribution in [3.05, 3.63) is 49.4 Å². The van der Waals surface area contributed by atoms with E-state index in [4.69, 9.17) is 32.7 Å². The average Bonchev–Trinajstić information content (AvgIpc) is 2.64. The van der Waals surface area contributed by atoms with Crippen LogP contribution in [0.2, 0.25) is 10.0 Å². The van der Waals surface area contributed by atoms with Crippen molar-refractivity contribution >= 4 is 46.6 Å². The fourth-order valence-corrected chi connectivity index (χ4v) is 2.64. The topological polar surface area (TPSA) is 125 Å². The van der Waals surface area contributed by atoms with Gasteiger partial charge in [-0.1, -0.05) is 23.2 Å². The van der Waals surface area contributed by atoms with Gasteiger partial charge in [-0.2, -0.15) is 0 Å². The largest absolute Gasteiger partial charge is 0.466 e. The Hall–Kier alpha value is -2.72. The van der Waals surface area contributed by atoms with Crippen LogP contribution in [0.25, 0.3) is 0 Å². The lowest BCUT2D eigenvalue weighted by atomic mass is 10.0. The van der Waals surface area contributed by atoms with Gasteiger partial charge in [0, 0.05) is 12.7 Å². The highest BCUT2D eigenvalue weighted by molar-refractivity contribution is 6.42. The summed E-state index contributed by atoms with van der Waals surface area (Å²) in [7, 11) is 0. The molecule has 0 aromatic heterocycles. The molecule has 0 amide bonds. The molecular weight excluding hydrogens is 434 g/mol. The summed E-state index contributed by atoms with van der Waals surface area (Å²) in [6, 6.07) is 0.589. The predicted octanol–water partition coefficient (Wildman–Crippen LogP) is 3.21. The van der Waals surface area contributed by atoms with Crippen LogP contribution in [0.1, 0.15) is 30.6 Å². The number of benzene rings is 1. The van der Waals surface area contributed by atoms with Crippen molar-refractivity contribution in [1.29, 1.82) is 0 Å². The monoisotopic (exact) mass is 450 g/mol. The molecule has 0 fully saturated rings. The molecule has 0 unspecified atom stereocenters. The van der Waals surface area contributed by atoms with Crippen molar-refractivity contribution in [2.24, 2.45) is 0 Å². The summed E-state index contributed by atoms with van der Waals surface area (Å²) in [5.41, 5.74) is -2.25. The fraction of sp³-hybridized carbons (Fsp3) is 0.353. The van der Waals surface area contributed by atoms with Crippen LogP contribution in [0.4, 0.5) is 10.1 Å². The van der Waals surface area contributed by atoms with Gasteiger partial charge in [-0.05, 0) is 19.9 Å². The van der Waals surface area contributed by atoms with Crippen LogP contribution in [-0.2, 0) is 19.1 Å². The zero-order valence-electron chi connectivity index (χ0n) is 15.4. The average molecular weight is 451 g/mol. The fourth-order valence-electron chi connectivity index (χ4n) is 2.07. The lowest BCUT2D eigenvalue weighted by molar-refractivity contribution is -0.384. The second-order valence-electron chi connectivity index (χ2n) is 5.26. The first-order valence-electron chi connectivity index (χ1n) is 8.28. The Morgan fingerprint density at radius 3 is 2.38 bits per heavy atom. The molecular formula is C17H17Cl2FN2O7. The van der Waals surface area contributed by atoms with Gasteiger partial charge in [-0.15, -0.1) is 0 Å². The number of nitrogens with one attached hydrogen (secondary N) is 1. The van der Waals surface area contributed by atoms with E-state index in [2.05, 4.69) is 5.32 Å². The van der Waals surface area contributed by atoms with E-state index >= 15 is 0 Å². The van der Waals surface area contributed by atoms with Gasteiger partial charge in [0.05, 0.1) is 30.1 Å². The van der Waals surface area contributed by atoms with Crippen LogP contribution in [0.15, 0.2) is 17.8 Å². The number of Topliss-reactive ketones (excluding diaryl/α,β-unsaturated/α-hetero) is 1. The maximum atomic E-state index is 14.0. The van der Waals surface area contributed by atoms with Crippen molar-refractivity contribution < 1.29 is 33.2 Å². The molecule has 158 valence electrons. The van der Waals surface area contributed by atoms with E-state index < -0.39 is 55.3 Å². The number of esters is 2. The van der Waals surface area contributed by atoms with Crippen LogP contribution < -0.4 is 5.32 Å². The summed E-state index contributed by atoms with van der Waals surface area (Å²) in [5, 5.41) is 12.1.